The van der Waals surface area contributed by atoms with Gasteiger partial charge in [-0.05, 0) is 23.5 Å². The molecule has 0 spiro atoms. The van der Waals surface area contributed by atoms with E-state index in [1.807, 2.05) is 41.3 Å². The Morgan fingerprint density at radius 2 is 1.15 bits per heavy atom. The normalized spacial score (nSPS) is 11.4. The summed E-state index contributed by atoms with van der Waals surface area (Å²) in [6.45, 7) is 6.03. The number of hydrogen-bond acceptors (Lipinski definition) is 4. The molecule has 0 saturated heterocycles. The van der Waals surface area contributed by atoms with Gasteiger partial charge in [-0.3, -0.25) is 9.78 Å². The van der Waals surface area contributed by atoms with E-state index in [-0.39, 0.29) is 5.91 Å². The molecule has 1 amide bonds. The average molecular weight is 564 g/mol. The zero-order chi connectivity index (χ0) is 27.8. The molecule has 0 atom stereocenters. The summed E-state index contributed by atoms with van der Waals surface area (Å²) in [4.78, 5) is 25.3. The third-order valence-electron chi connectivity index (χ3n) is 7.25. The van der Waals surface area contributed by atoms with Gasteiger partial charge >= 0.3 is 0 Å². The summed E-state index contributed by atoms with van der Waals surface area (Å²) in [5.41, 5.74) is 1.13. The summed E-state index contributed by atoms with van der Waals surface area (Å²) < 4.78 is 0. The molecule has 0 fully saturated rings. The molecule has 0 unspecified atom stereocenters. The predicted molar refractivity (Wildman–Crippen MR) is 171 cm³/mol. The Morgan fingerprint density at radius 3 is 1.64 bits per heavy atom. The first kappa shape index (κ1) is 31.2. The number of hydrogen-bond donors (Lipinski definition) is 0. The Morgan fingerprint density at radius 1 is 0.692 bits per heavy atom. The van der Waals surface area contributed by atoms with Gasteiger partial charge in [-0.15, -0.1) is 0 Å². The van der Waals surface area contributed by atoms with Crippen LogP contribution in [0.4, 0.5) is 0 Å². The van der Waals surface area contributed by atoms with E-state index in [1.54, 1.807) is 12.4 Å². The zero-order valence-corrected chi connectivity index (χ0v) is 25.6. The van der Waals surface area contributed by atoms with E-state index in [4.69, 9.17) is 16.8 Å². The standard InChI is InChI=1S/C33H46N3OPS/c1-3-5-7-9-11-19-25-36(26-20-12-10-8-6-4-2)33(37)31-27-34-28-32(35-31)38(39,29-21-15-13-16-22-29)30-23-17-14-18-24-30/h13-18,21-24,27-28H,3-12,19-20,25-26H2,1-2H3. The maximum atomic E-state index is 13.8. The molecule has 2 aromatic carbocycles. The fourth-order valence-electron chi connectivity index (χ4n) is 4.94. The van der Waals surface area contributed by atoms with Crippen LogP contribution >= 0.6 is 6.04 Å². The first-order chi connectivity index (χ1) is 19.1. The van der Waals surface area contributed by atoms with E-state index >= 15 is 0 Å². The van der Waals surface area contributed by atoms with Gasteiger partial charge in [0.1, 0.15) is 11.1 Å². The van der Waals surface area contributed by atoms with Crippen LogP contribution in [0.5, 0.6) is 0 Å². The van der Waals surface area contributed by atoms with Crippen LogP contribution in [-0.4, -0.2) is 33.9 Å². The smallest absolute Gasteiger partial charge is 0.274 e. The van der Waals surface area contributed by atoms with Crippen molar-refractivity contribution < 1.29 is 4.79 Å². The van der Waals surface area contributed by atoms with Crippen molar-refractivity contribution in [1.82, 2.24) is 14.9 Å². The minimum atomic E-state index is -2.46. The molecule has 210 valence electrons. The minimum Gasteiger partial charge on any atom is -0.337 e. The Bertz CT molecular complexity index is 1100. The number of aromatic nitrogens is 2. The first-order valence-electron chi connectivity index (χ1n) is 14.9. The molecule has 0 bridgehead atoms. The summed E-state index contributed by atoms with van der Waals surface area (Å²) in [6, 6.07) is 17.9. The first-order valence-corrected chi connectivity index (χ1v) is 17.7. The van der Waals surface area contributed by atoms with E-state index in [0.717, 1.165) is 54.8 Å². The summed E-state index contributed by atoms with van der Waals surface area (Å²) in [5.74, 6) is -0.0193. The highest BCUT2D eigenvalue weighted by atomic mass is 32.4. The molecular formula is C33H46N3OPS. The lowest BCUT2D eigenvalue weighted by Gasteiger charge is -2.25. The van der Waals surface area contributed by atoms with Crippen LogP contribution in [-0.2, 0) is 11.8 Å². The van der Waals surface area contributed by atoms with Crippen LogP contribution in [0.2, 0.25) is 0 Å². The molecule has 3 aromatic rings. The fourth-order valence-corrected chi connectivity index (χ4v) is 8.43. The average Bonchev–Trinajstić information content (AvgIpc) is 2.99. The zero-order valence-electron chi connectivity index (χ0n) is 23.9. The molecule has 0 aliphatic rings. The third kappa shape index (κ3) is 9.36. The second kappa shape index (κ2) is 17.4. The van der Waals surface area contributed by atoms with Gasteiger partial charge in [0.15, 0.2) is 0 Å². The number of carbonyl (C=O) groups excluding carboxylic acids is 1. The molecule has 0 aliphatic carbocycles. The SMILES string of the molecule is CCCCCCCCN(CCCCCCCC)C(=O)c1cncc(P(=S)(c2ccccc2)c2ccccc2)n1. The van der Waals surface area contributed by atoms with Gasteiger partial charge in [-0.1, -0.05) is 151 Å². The van der Waals surface area contributed by atoms with Crippen molar-refractivity contribution in [1.29, 1.82) is 0 Å². The lowest BCUT2D eigenvalue weighted by atomic mass is 10.1. The molecule has 6 heteroatoms. The lowest BCUT2D eigenvalue weighted by Crippen LogP contribution is -2.35. The van der Waals surface area contributed by atoms with E-state index in [2.05, 4.69) is 43.1 Å². The molecule has 1 heterocycles. The topological polar surface area (TPSA) is 46.1 Å². The highest BCUT2D eigenvalue weighted by Crippen LogP contribution is 2.41. The van der Waals surface area contributed by atoms with Gasteiger partial charge in [-0.2, -0.15) is 0 Å². The van der Waals surface area contributed by atoms with Crippen LogP contribution < -0.4 is 16.0 Å². The Balaban J connectivity index is 1.82. The Kier molecular flexibility index (Phi) is 13.9. The third-order valence-corrected chi connectivity index (χ3v) is 12.0. The number of unbranched alkanes of at least 4 members (excludes halogenated alkanes) is 10. The second-order valence-electron chi connectivity index (χ2n) is 10.4. The van der Waals surface area contributed by atoms with Crippen molar-refractivity contribution in [3.8, 4) is 0 Å². The molecule has 4 nitrogen and oxygen atoms in total. The van der Waals surface area contributed by atoms with E-state index < -0.39 is 6.04 Å². The van der Waals surface area contributed by atoms with Crippen LogP contribution in [0.3, 0.4) is 0 Å². The van der Waals surface area contributed by atoms with Gasteiger partial charge in [0.05, 0.1) is 18.4 Å². The summed E-state index contributed by atoms with van der Waals surface area (Å²) in [5, 5.41) is 2.11. The molecule has 1 aromatic heterocycles. The lowest BCUT2D eigenvalue weighted by molar-refractivity contribution is 0.0743. The summed E-state index contributed by atoms with van der Waals surface area (Å²) in [7, 11) is 0. The molecule has 3 rings (SSSR count). The number of nitrogens with zero attached hydrogens (tertiary/aromatic N) is 3. The number of benzene rings is 2. The highest BCUT2D eigenvalue weighted by Gasteiger charge is 2.28. The van der Waals surface area contributed by atoms with E-state index in [0.29, 0.717) is 5.69 Å². The van der Waals surface area contributed by atoms with E-state index in [9.17, 15) is 4.79 Å². The van der Waals surface area contributed by atoms with Gasteiger partial charge in [0, 0.05) is 13.1 Å². The molecule has 0 N–H and O–H groups in total. The molecule has 0 aliphatic heterocycles. The quantitative estimate of drug-likeness (QED) is 0.120. The summed E-state index contributed by atoms with van der Waals surface area (Å²) in [6.07, 6.45) is 17.9. The molecule has 0 saturated carbocycles. The van der Waals surface area contributed by atoms with Crippen molar-refractivity contribution in [2.45, 2.75) is 90.9 Å². The molecular weight excluding hydrogens is 517 g/mol. The Hall–Kier alpha value is -2.36. The van der Waals surface area contributed by atoms with Crippen molar-refractivity contribution in [2.75, 3.05) is 13.1 Å². The summed E-state index contributed by atoms with van der Waals surface area (Å²) >= 11 is 6.44. The van der Waals surface area contributed by atoms with Crippen molar-refractivity contribution >= 4 is 39.8 Å². The largest absolute Gasteiger partial charge is 0.337 e. The van der Waals surface area contributed by atoms with Crippen molar-refractivity contribution in [3.05, 3.63) is 78.8 Å². The number of amides is 1. The second-order valence-corrected chi connectivity index (χ2v) is 14.7. The van der Waals surface area contributed by atoms with Crippen molar-refractivity contribution in [3.63, 3.8) is 0 Å². The number of carbonyl (C=O) groups is 1. The molecule has 39 heavy (non-hydrogen) atoms. The molecule has 0 radical (unpaired) electrons. The van der Waals surface area contributed by atoms with Gasteiger partial charge < -0.3 is 4.90 Å². The Labute approximate surface area is 241 Å². The van der Waals surface area contributed by atoms with Crippen LogP contribution in [0.25, 0.3) is 0 Å². The van der Waals surface area contributed by atoms with Gasteiger partial charge in [0.25, 0.3) is 5.91 Å². The van der Waals surface area contributed by atoms with E-state index in [1.165, 1.54) is 51.4 Å². The van der Waals surface area contributed by atoms with Gasteiger partial charge in [0.2, 0.25) is 0 Å². The minimum absolute atomic E-state index is 0.0193. The highest BCUT2D eigenvalue weighted by molar-refractivity contribution is 8.25. The maximum Gasteiger partial charge on any atom is 0.274 e. The number of rotatable bonds is 18. The van der Waals surface area contributed by atoms with Crippen LogP contribution in [0, 0.1) is 0 Å². The monoisotopic (exact) mass is 563 g/mol. The van der Waals surface area contributed by atoms with Crippen LogP contribution in [0.1, 0.15) is 101 Å². The van der Waals surface area contributed by atoms with Crippen LogP contribution in [0.15, 0.2) is 73.1 Å². The van der Waals surface area contributed by atoms with Crippen molar-refractivity contribution in [2.24, 2.45) is 0 Å². The predicted octanol–water partition coefficient (Wildman–Crippen LogP) is 7.40. The fraction of sp³-hybridized carbons (Fsp3) is 0.485. The van der Waals surface area contributed by atoms with Gasteiger partial charge in [-0.25, -0.2) is 4.98 Å². The maximum absolute atomic E-state index is 13.8.